The number of carbonyl (C=O) groups is 1. The Morgan fingerprint density at radius 1 is 1.25 bits per heavy atom. The predicted octanol–water partition coefficient (Wildman–Crippen LogP) is 4.17. The Bertz CT molecular complexity index is 683. The molecule has 0 unspecified atom stereocenters. The van der Waals surface area contributed by atoms with Crippen LogP contribution in [-0.2, 0) is 11.2 Å². The summed E-state index contributed by atoms with van der Waals surface area (Å²) < 4.78 is 6.75. The molecule has 1 amide bonds. The fraction of sp³-hybridized carbons (Fsp3) is 0.632. The van der Waals surface area contributed by atoms with Gasteiger partial charge < -0.3 is 14.5 Å². The number of halogens is 1. The van der Waals surface area contributed by atoms with Crippen molar-refractivity contribution in [3.05, 3.63) is 27.7 Å². The minimum Gasteiger partial charge on any atom is -0.444 e. The lowest BCUT2D eigenvalue weighted by Crippen LogP contribution is -2.41. The summed E-state index contributed by atoms with van der Waals surface area (Å²) in [5, 5.41) is 0. The molecular weight excluding hydrogens is 368 g/mol. The fourth-order valence-electron chi connectivity index (χ4n) is 4.46. The van der Waals surface area contributed by atoms with E-state index in [-0.39, 0.29) is 6.09 Å². The Balaban J connectivity index is 1.63. The maximum absolute atomic E-state index is 12.5. The van der Waals surface area contributed by atoms with Crippen LogP contribution in [0.25, 0.3) is 0 Å². The molecule has 3 aliphatic heterocycles. The molecule has 0 radical (unpaired) electrons. The topological polar surface area (TPSA) is 32.8 Å². The van der Waals surface area contributed by atoms with Crippen molar-refractivity contribution < 1.29 is 9.53 Å². The van der Waals surface area contributed by atoms with Crippen molar-refractivity contribution in [3.8, 4) is 0 Å². The summed E-state index contributed by atoms with van der Waals surface area (Å²) in [7, 11) is 0. The van der Waals surface area contributed by atoms with E-state index in [1.807, 2.05) is 25.7 Å². The van der Waals surface area contributed by atoms with Crippen LogP contribution in [0, 0.1) is 5.92 Å². The number of aryl methyl sites for hydroxylation is 1. The van der Waals surface area contributed by atoms with Gasteiger partial charge in [-0.15, -0.1) is 0 Å². The van der Waals surface area contributed by atoms with Crippen molar-refractivity contribution in [2.45, 2.75) is 45.1 Å². The number of amides is 1. The molecule has 3 aliphatic rings. The third kappa shape index (κ3) is 2.81. The van der Waals surface area contributed by atoms with E-state index < -0.39 is 5.60 Å². The van der Waals surface area contributed by atoms with Gasteiger partial charge in [-0.3, -0.25) is 0 Å². The second-order valence-electron chi connectivity index (χ2n) is 8.30. The van der Waals surface area contributed by atoms with Crippen molar-refractivity contribution in [1.29, 1.82) is 0 Å². The van der Waals surface area contributed by atoms with Gasteiger partial charge in [0.1, 0.15) is 5.60 Å². The average molecular weight is 393 g/mol. The normalized spacial score (nSPS) is 25.3. The Morgan fingerprint density at radius 2 is 2.04 bits per heavy atom. The second kappa shape index (κ2) is 5.65. The van der Waals surface area contributed by atoms with E-state index in [0.717, 1.165) is 37.1 Å². The number of carbonyl (C=O) groups excluding carboxylic acids is 1. The third-order valence-electron chi connectivity index (χ3n) is 5.32. The lowest BCUT2D eigenvalue weighted by molar-refractivity contribution is 0.0287. The molecule has 3 heterocycles. The Morgan fingerprint density at radius 3 is 2.79 bits per heavy atom. The zero-order valence-electron chi connectivity index (χ0n) is 14.6. The Labute approximate surface area is 152 Å². The van der Waals surface area contributed by atoms with Crippen molar-refractivity contribution >= 4 is 27.7 Å². The minimum atomic E-state index is -0.437. The molecule has 5 heteroatoms. The Hall–Kier alpha value is -1.23. The fourth-order valence-corrected chi connectivity index (χ4v) is 4.98. The molecule has 4 nitrogen and oxygen atoms in total. The molecule has 130 valence electrons. The van der Waals surface area contributed by atoms with E-state index in [4.69, 9.17) is 4.74 Å². The first-order chi connectivity index (χ1) is 11.3. The second-order valence-corrected chi connectivity index (χ2v) is 9.22. The van der Waals surface area contributed by atoms with Gasteiger partial charge in [0.2, 0.25) is 0 Å². The lowest BCUT2D eigenvalue weighted by Gasteiger charge is -2.41. The zero-order valence-corrected chi connectivity index (χ0v) is 16.2. The molecule has 0 spiro atoms. The molecule has 2 atom stereocenters. The quantitative estimate of drug-likeness (QED) is 0.664. The summed E-state index contributed by atoms with van der Waals surface area (Å²) in [5.41, 5.74) is 3.88. The SMILES string of the molecule is CC(C)(C)OC(=O)N1C[C@H]2CN3CCCc4cc(Br)cc(c43)[C@H]2C1. The third-order valence-corrected chi connectivity index (χ3v) is 5.78. The molecule has 1 saturated heterocycles. The van der Waals surface area contributed by atoms with E-state index in [1.54, 1.807) is 0 Å². The summed E-state index contributed by atoms with van der Waals surface area (Å²) in [6, 6.07) is 4.54. The van der Waals surface area contributed by atoms with E-state index >= 15 is 0 Å². The zero-order chi connectivity index (χ0) is 17.1. The van der Waals surface area contributed by atoms with E-state index in [2.05, 4.69) is 33.0 Å². The molecule has 4 rings (SSSR count). The number of likely N-dealkylation sites (tertiary alicyclic amines) is 1. The number of rotatable bonds is 0. The lowest BCUT2D eigenvalue weighted by atomic mass is 9.80. The van der Waals surface area contributed by atoms with Crippen LogP contribution in [0.4, 0.5) is 10.5 Å². The number of ether oxygens (including phenoxy) is 1. The monoisotopic (exact) mass is 392 g/mol. The molecule has 0 aliphatic carbocycles. The van der Waals surface area contributed by atoms with Gasteiger partial charge in [0.15, 0.2) is 0 Å². The maximum Gasteiger partial charge on any atom is 0.410 e. The molecule has 0 bridgehead atoms. The summed E-state index contributed by atoms with van der Waals surface area (Å²) in [5.74, 6) is 0.934. The van der Waals surface area contributed by atoms with Gasteiger partial charge in [-0.05, 0) is 56.9 Å². The van der Waals surface area contributed by atoms with Crippen molar-refractivity contribution in [2.75, 3.05) is 31.1 Å². The van der Waals surface area contributed by atoms with Gasteiger partial charge in [0.25, 0.3) is 0 Å². The van der Waals surface area contributed by atoms with Crippen LogP contribution in [0.15, 0.2) is 16.6 Å². The summed E-state index contributed by atoms with van der Waals surface area (Å²) in [6.07, 6.45) is 2.21. The van der Waals surface area contributed by atoms with Crippen molar-refractivity contribution in [1.82, 2.24) is 4.90 Å². The summed E-state index contributed by atoms with van der Waals surface area (Å²) >= 11 is 3.68. The van der Waals surface area contributed by atoms with Crippen LogP contribution in [0.2, 0.25) is 0 Å². The van der Waals surface area contributed by atoms with Crippen LogP contribution in [0.3, 0.4) is 0 Å². The van der Waals surface area contributed by atoms with Gasteiger partial charge in [0.05, 0.1) is 0 Å². The number of anilines is 1. The molecule has 24 heavy (non-hydrogen) atoms. The molecular formula is C19H25BrN2O2. The number of hydrogen-bond acceptors (Lipinski definition) is 3. The van der Waals surface area contributed by atoms with Crippen LogP contribution in [0.5, 0.6) is 0 Å². The van der Waals surface area contributed by atoms with Gasteiger partial charge in [-0.1, -0.05) is 15.9 Å². The first-order valence-corrected chi connectivity index (χ1v) is 9.66. The van der Waals surface area contributed by atoms with Crippen molar-refractivity contribution in [3.63, 3.8) is 0 Å². The Kier molecular flexibility index (Phi) is 3.83. The number of fused-ring (bicyclic) bond motifs is 2. The highest BCUT2D eigenvalue weighted by Crippen LogP contribution is 2.47. The van der Waals surface area contributed by atoms with Crippen LogP contribution >= 0.6 is 15.9 Å². The highest BCUT2D eigenvalue weighted by Gasteiger charge is 2.44. The van der Waals surface area contributed by atoms with Crippen LogP contribution in [0.1, 0.15) is 44.2 Å². The van der Waals surface area contributed by atoms with Crippen LogP contribution in [-0.4, -0.2) is 42.8 Å². The molecule has 1 aromatic rings. The molecule has 0 N–H and O–H groups in total. The van der Waals surface area contributed by atoms with Gasteiger partial charge in [0, 0.05) is 48.2 Å². The molecule has 1 fully saturated rings. The van der Waals surface area contributed by atoms with E-state index in [0.29, 0.717) is 11.8 Å². The predicted molar refractivity (Wildman–Crippen MR) is 98.7 cm³/mol. The number of benzene rings is 1. The molecule has 0 saturated carbocycles. The van der Waals surface area contributed by atoms with Gasteiger partial charge in [-0.25, -0.2) is 4.79 Å². The van der Waals surface area contributed by atoms with Crippen LogP contribution < -0.4 is 4.90 Å². The smallest absolute Gasteiger partial charge is 0.410 e. The molecule has 1 aromatic carbocycles. The first kappa shape index (κ1) is 16.2. The maximum atomic E-state index is 12.5. The van der Waals surface area contributed by atoms with Crippen molar-refractivity contribution in [2.24, 2.45) is 5.92 Å². The summed E-state index contributed by atoms with van der Waals surface area (Å²) in [6.45, 7) is 9.56. The average Bonchev–Trinajstić information content (AvgIpc) is 2.89. The largest absolute Gasteiger partial charge is 0.444 e. The van der Waals surface area contributed by atoms with Gasteiger partial charge >= 0.3 is 6.09 Å². The minimum absolute atomic E-state index is 0.171. The molecule has 0 aromatic heterocycles. The first-order valence-electron chi connectivity index (χ1n) is 8.87. The standard InChI is InChI=1S/C19H25BrN2O2/c1-19(2,3)24-18(23)22-10-13-9-21-6-4-5-12-7-14(20)8-15(17(12)21)16(13)11-22/h7-8,13,16H,4-6,9-11H2,1-3H3/t13-,16+/m1/s1. The number of nitrogens with zero attached hydrogens (tertiary/aromatic N) is 2. The van der Waals surface area contributed by atoms with E-state index in [9.17, 15) is 4.79 Å². The highest BCUT2D eigenvalue weighted by molar-refractivity contribution is 9.10. The number of hydrogen-bond donors (Lipinski definition) is 0. The highest BCUT2D eigenvalue weighted by atomic mass is 79.9. The van der Waals surface area contributed by atoms with Gasteiger partial charge in [-0.2, -0.15) is 0 Å². The van der Waals surface area contributed by atoms with E-state index in [1.165, 1.54) is 23.2 Å². The summed E-state index contributed by atoms with van der Waals surface area (Å²) in [4.78, 5) is 16.9.